The summed E-state index contributed by atoms with van der Waals surface area (Å²) in [7, 11) is 0. The monoisotopic (exact) mass is 211 g/mol. The fourth-order valence-electron chi connectivity index (χ4n) is 0.811. The zero-order chi connectivity index (χ0) is 11.7. The molecule has 84 valence electrons. The molecule has 0 bridgehead atoms. The predicted molar refractivity (Wildman–Crippen MR) is 58.5 cm³/mol. The molecule has 0 saturated carbocycles. The number of carboxylic acids is 1. The van der Waals surface area contributed by atoms with Crippen LogP contribution in [0.15, 0.2) is 30.3 Å². The van der Waals surface area contributed by atoms with Crippen molar-refractivity contribution in [1.29, 1.82) is 0 Å². The van der Waals surface area contributed by atoms with E-state index in [0.717, 1.165) is 13.0 Å². The summed E-state index contributed by atoms with van der Waals surface area (Å²) in [6, 6.07) is 10.3. The van der Waals surface area contributed by atoms with Crippen LogP contribution in [0.3, 0.4) is 0 Å². The third-order valence-corrected chi connectivity index (χ3v) is 1.63. The minimum Gasteiger partial charge on any atom is -0.479 e. The maximum atomic E-state index is 9.45. The number of aliphatic hydroxyl groups is 1. The van der Waals surface area contributed by atoms with Crippen molar-refractivity contribution in [2.24, 2.45) is 5.73 Å². The van der Waals surface area contributed by atoms with Crippen molar-refractivity contribution in [1.82, 2.24) is 0 Å². The van der Waals surface area contributed by atoms with E-state index >= 15 is 0 Å². The second-order valence-corrected chi connectivity index (χ2v) is 3.04. The van der Waals surface area contributed by atoms with Gasteiger partial charge in [0.1, 0.15) is 6.10 Å². The second-order valence-electron chi connectivity index (χ2n) is 3.04. The van der Waals surface area contributed by atoms with Gasteiger partial charge < -0.3 is 15.9 Å². The van der Waals surface area contributed by atoms with Crippen LogP contribution < -0.4 is 5.73 Å². The van der Waals surface area contributed by atoms with Crippen LogP contribution in [0, 0.1) is 0 Å². The largest absolute Gasteiger partial charge is 0.479 e. The van der Waals surface area contributed by atoms with Crippen molar-refractivity contribution in [2.45, 2.75) is 19.4 Å². The average molecular weight is 211 g/mol. The Morgan fingerprint density at radius 1 is 1.40 bits per heavy atom. The van der Waals surface area contributed by atoms with Crippen LogP contribution in [0.25, 0.3) is 0 Å². The molecule has 1 aromatic carbocycles. The number of hydrogen-bond donors (Lipinski definition) is 3. The summed E-state index contributed by atoms with van der Waals surface area (Å²) >= 11 is 0. The van der Waals surface area contributed by atoms with E-state index in [0.29, 0.717) is 0 Å². The minimum absolute atomic E-state index is 0.740. The van der Waals surface area contributed by atoms with E-state index in [1.807, 2.05) is 18.2 Å². The molecule has 4 N–H and O–H groups in total. The topological polar surface area (TPSA) is 83.5 Å². The molecule has 1 rings (SSSR count). The molecule has 0 saturated heterocycles. The first-order chi connectivity index (χ1) is 7.07. The summed E-state index contributed by atoms with van der Waals surface area (Å²) in [4.78, 5) is 9.45. The smallest absolute Gasteiger partial charge is 0.332 e. The zero-order valence-corrected chi connectivity index (χ0v) is 8.76. The van der Waals surface area contributed by atoms with Gasteiger partial charge in [-0.2, -0.15) is 0 Å². The van der Waals surface area contributed by atoms with Crippen molar-refractivity contribution < 1.29 is 15.0 Å². The number of benzene rings is 1. The van der Waals surface area contributed by atoms with Gasteiger partial charge in [0.05, 0.1) is 0 Å². The molecule has 0 aromatic heterocycles. The molecule has 0 aliphatic rings. The number of aliphatic carboxylic acids is 1. The Morgan fingerprint density at radius 2 is 1.87 bits per heavy atom. The zero-order valence-electron chi connectivity index (χ0n) is 8.76. The Kier molecular flexibility index (Phi) is 7.23. The molecule has 0 aliphatic heterocycles. The van der Waals surface area contributed by atoms with Crippen molar-refractivity contribution in [3.8, 4) is 0 Å². The molecule has 0 spiro atoms. The standard InChI is InChI=1S/C8H11N.C3H6O3/c9-7-6-8-4-2-1-3-5-8;1-2(4)3(5)6/h1-5H,6-7,9H2;2,4H,1H3,(H,5,6). The molecule has 0 amide bonds. The minimum atomic E-state index is -1.23. The first-order valence-electron chi connectivity index (χ1n) is 4.72. The Labute approximate surface area is 89.4 Å². The van der Waals surface area contributed by atoms with Crippen molar-refractivity contribution >= 4 is 5.97 Å². The Morgan fingerprint density at radius 3 is 2.20 bits per heavy atom. The first kappa shape index (κ1) is 13.6. The Bertz CT molecular complexity index is 272. The number of hydrogen-bond acceptors (Lipinski definition) is 3. The van der Waals surface area contributed by atoms with Crippen molar-refractivity contribution in [3.63, 3.8) is 0 Å². The van der Waals surface area contributed by atoms with Crippen molar-refractivity contribution in [2.75, 3.05) is 6.54 Å². The number of rotatable bonds is 3. The third-order valence-electron chi connectivity index (χ3n) is 1.63. The lowest BCUT2D eigenvalue weighted by molar-refractivity contribution is -0.145. The lowest BCUT2D eigenvalue weighted by atomic mass is 10.2. The van der Waals surface area contributed by atoms with Crippen LogP contribution in [-0.4, -0.2) is 28.8 Å². The average Bonchev–Trinajstić information content (AvgIpc) is 2.20. The van der Waals surface area contributed by atoms with E-state index in [4.69, 9.17) is 15.9 Å². The number of aliphatic hydroxyl groups excluding tert-OH is 1. The van der Waals surface area contributed by atoms with Gasteiger partial charge in [-0.3, -0.25) is 0 Å². The van der Waals surface area contributed by atoms with Crippen molar-refractivity contribution in [3.05, 3.63) is 35.9 Å². The molecular formula is C11H17NO3. The summed E-state index contributed by atoms with van der Waals surface area (Å²) in [6.45, 7) is 1.94. The quantitative estimate of drug-likeness (QED) is 0.685. The van der Waals surface area contributed by atoms with Crippen LogP contribution in [0.2, 0.25) is 0 Å². The Balaban J connectivity index is 0.000000288. The fourth-order valence-corrected chi connectivity index (χ4v) is 0.811. The highest BCUT2D eigenvalue weighted by molar-refractivity contribution is 5.71. The van der Waals surface area contributed by atoms with Gasteiger partial charge in [0, 0.05) is 0 Å². The van der Waals surface area contributed by atoms with E-state index in [1.54, 1.807) is 0 Å². The SMILES string of the molecule is CC(O)C(=O)O.NCCc1ccccc1. The molecule has 1 atom stereocenters. The predicted octanol–water partition coefficient (Wildman–Crippen LogP) is 0.640. The lowest BCUT2D eigenvalue weighted by Crippen LogP contribution is -2.13. The summed E-state index contributed by atoms with van der Waals surface area (Å²) in [5.74, 6) is -1.19. The first-order valence-corrected chi connectivity index (χ1v) is 4.72. The summed E-state index contributed by atoms with van der Waals surface area (Å²) in [5, 5.41) is 15.8. The van der Waals surface area contributed by atoms with Crippen LogP contribution in [0.1, 0.15) is 12.5 Å². The number of carbonyl (C=O) groups is 1. The Hall–Kier alpha value is -1.39. The van der Waals surface area contributed by atoms with E-state index in [1.165, 1.54) is 12.5 Å². The summed E-state index contributed by atoms with van der Waals surface area (Å²) in [6.07, 6.45) is -0.245. The molecular weight excluding hydrogens is 194 g/mol. The van der Waals surface area contributed by atoms with Crippen LogP contribution in [-0.2, 0) is 11.2 Å². The van der Waals surface area contributed by atoms with Crippen LogP contribution in [0.4, 0.5) is 0 Å². The van der Waals surface area contributed by atoms with Gasteiger partial charge in [0.2, 0.25) is 0 Å². The second kappa shape index (κ2) is 7.96. The molecule has 0 aliphatic carbocycles. The maximum absolute atomic E-state index is 9.45. The molecule has 0 fully saturated rings. The molecule has 1 unspecified atom stereocenters. The number of nitrogens with two attached hydrogens (primary N) is 1. The maximum Gasteiger partial charge on any atom is 0.332 e. The van der Waals surface area contributed by atoms with Gasteiger partial charge in [0.25, 0.3) is 0 Å². The van der Waals surface area contributed by atoms with Crippen LogP contribution in [0.5, 0.6) is 0 Å². The van der Waals surface area contributed by atoms with E-state index < -0.39 is 12.1 Å². The molecule has 0 heterocycles. The normalized spacial score (nSPS) is 11.1. The molecule has 1 aromatic rings. The van der Waals surface area contributed by atoms with Gasteiger partial charge in [0.15, 0.2) is 0 Å². The van der Waals surface area contributed by atoms with E-state index in [9.17, 15) is 4.79 Å². The molecule has 15 heavy (non-hydrogen) atoms. The van der Waals surface area contributed by atoms with E-state index in [-0.39, 0.29) is 0 Å². The highest BCUT2D eigenvalue weighted by Crippen LogP contribution is 1.96. The summed E-state index contributed by atoms with van der Waals surface area (Å²) in [5.41, 5.74) is 6.68. The molecule has 0 radical (unpaired) electrons. The molecule has 4 nitrogen and oxygen atoms in total. The van der Waals surface area contributed by atoms with Crippen LogP contribution >= 0.6 is 0 Å². The molecule has 4 heteroatoms. The van der Waals surface area contributed by atoms with E-state index in [2.05, 4.69) is 12.1 Å². The number of carboxylic acid groups (broad SMARTS) is 1. The fraction of sp³-hybridized carbons (Fsp3) is 0.364. The van der Waals surface area contributed by atoms with Gasteiger partial charge in [-0.25, -0.2) is 4.79 Å². The van der Waals surface area contributed by atoms with Gasteiger partial charge >= 0.3 is 5.97 Å². The third kappa shape index (κ3) is 7.66. The highest BCUT2D eigenvalue weighted by Gasteiger charge is 2.01. The van der Waals surface area contributed by atoms with Gasteiger partial charge in [-0.15, -0.1) is 0 Å². The van der Waals surface area contributed by atoms with Gasteiger partial charge in [-0.1, -0.05) is 30.3 Å². The summed E-state index contributed by atoms with van der Waals surface area (Å²) < 4.78 is 0. The highest BCUT2D eigenvalue weighted by atomic mass is 16.4. The van der Waals surface area contributed by atoms with Gasteiger partial charge in [-0.05, 0) is 25.5 Å². The lowest BCUT2D eigenvalue weighted by Gasteiger charge is -1.93.